The minimum absolute atomic E-state index is 0.629. The SMILES string of the molecule is c1ccc2c(c1)CCC2NCCC1CCCCC1. The standard InChI is InChI=1S/C17H25N/c1-2-6-14(7-3-1)12-13-18-17-11-10-15-8-4-5-9-16(15)17/h4-5,8-9,14,17-18H,1-3,6-7,10-13H2. The quantitative estimate of drug-likeness (QED) is 0.834. The van der Waals surface area contributed by atoms with Crippen molar-refractivity contribution in [1.29, 1.82) is 0 Å². The number of hydrogen-bond acceptors (Lipinski definition) is 1. The Labute approximate surface area is 111 Å². The summed E-state index contributed by atoms with van der Waals surface area (Å²) in [5.41, 5.74) is 3.12. The fourth-order valence-electron chi connectivity index (χ4n) is 3.71. The minimum atomic E-state index is 0.629. The second kappa shape index (κ2) is 5.88. The maximum absolute atomic E-state index is 3.79. The molecule has 1 aromatic rings. The molecule has 1 aromatic carbocycles. The van der Waals surface area contributed by atoms with Gasteiger partial charge in [-0.1, -0.05) is 56.4 Å². The van der Waals surface area contributed by atoms with E-state index in [1.807, 2.05) is 0 Å². The average Bonchev–Trinajstić information content (AvgIpc) is 2.84. The lowest BCUT2D eigenvalue weighted by Gasteiger charge is -2.22. The molecule has 3 rings (SSSR count). The lowest BCUT2D eigenvalue weighted by molar-refractivity contribution is 0.327. The number of fused-ring (bicyclic) bond motifs is 1. The molecule has 1 nitrogen and oxygen atoms in total. The first kappa shape index (κ1) is 12.2. The van der Waals surface area contributed by atoms with E-state index in [1.165, 1.54) is 57.9 Å². The highest BCUT2D eigenvalue weighted by Crippen LogP contribution is 2.31. The molecule has 0 amide bonds. The Bertz CT molecular complexity index is 379. The maximum atomic E-state index is 3.79. The van der Waals surface area contributed by atoms with E-state index >= 15 is 0 Å². The molecule has 18 heavy (non-hydrogen) atoms. The van der Waals surface area contributed by atoms with Crippen molar-refractivity contribution < 1.29 is 0 Å². The third-order valence-electron chi connectivity index (χ3n) is 4.80. The third-order valence-corrected chi connectivity index (χ3v) is 4.80. The van der Waals surface area contributed by atoms with Gasteiger partial charge in [0.05, 0.1) is 0 Å². The van der Waals surface area contributed by atoms with Crippen molar-refractivity contribution in [3.05, 3.63) is 35.4 Å². The Balaban J connectivity index is 1.47. The highest BCUT2D eigenvalue weighted by Gasteiger charge is 2.21. The lowest BCUT2D eigenvalue weighted by Crippen LogP contribution is -2.23. The number of aryl methyl sites for hydroxylation is 1. The van der Waals surface area contributed by atoms with Gasteiger partial charge in [0.2, 0.25) is 0 Å². The van der Waals surface area contributed by atoms with Gasteiger partial charge in [-0.25, -0.2) is 0 Å². The Morgan fingerprint density at radius 1 is 1.00 bits per heavy atom. The van der Waals surface area contributed by atoms with E-state index in [4.69, 9.17) is 0 Å². The highest BCUT2D eigenvalue weighted by atomic mass is 14.9. The van der Waals surface area contributed by atoms with Crippen molar-refractivity contribution in [3.8, 4) is 0 Å². The van der Waals surface area contributed by atoms with Crippen LogP contribution >= 0.6 is 0 Å². The molecule has 2 aliphatic carbocycles. The molecule has 0 radical (unpaired) electrons. The number of nitrogens with one attached hydrogen (secondary N) is 1. The topological polar surface area (TPSA) is 12.0 Å². The summed E-state index contributed by atoms with van der Waals surface area (Å²) < 4.78 is 0. The zero-order chi connectivity index (χ0) is 12.2. The van der Waals surface area contributed by atoms with Crippen LogP contribution in [-0.4, -0.2) is 6.54 Å². The van der Waals surface area contributed by atoms with Crippen LogP contribution in [-0.2, 0) is 6.42 Å². The van der Waals surface area contributed by atoms with E-state index in [0.29, 0.717) is 6.04 Å². The average molecular weight is 243 g/mol. The van der Waals surface area contributed by atoms with Crippen LogP contribution < -0.4 is 5.32 Å². The van der Waals surface area contributed by atoms with Crippen molar-refractivity contribution in [2.75, 3.05) is 6.54 Å². The van der Waals surface area contributed by atoms with Gasteiger partial charge in [0, 0.05) is 6.04 Å². The maximum Gasteiger partial charge on any atom is 0.0326 e. The van der Waals surface area contributed by atoms with E-state index in [2.05, 4.69) is 29.6 Å². The molecular weight excluding hydrogens is 218 g/mol. The lowest BCUT2D eigenvalue weighted by atomic mass is 9.87. The Morgan fingerprint density at radius 3 is 2.72 bits per heavy atom. The molecule has 1 heteroatoms. The molecule has 0 aromatic heterocycles. The van der Waals surface area contributed by atoms with Gasteiger partial charge < -0.3 is 5.32 Å². The zero-order valence-corrected chi connectivity index (χ0v) is 11.3. The van der Waals surface area contributed by atoms with Crippen LogP contribution in [0.25, 0.3) is 0 Å². The van der Waals surface area contributed by atoms with Crippen LogP contribution in [0.2, 0.25) is 0 Å². The van der Waals surface area contributed by atoms with Crippen molar-refractivity contribution in [3.63, 3.8) is 0 Å². The van der Waals surface area contributed by atoms with Crippen LogP contribution in [0.5, 0.6) is 0 Å². The van der Waals surface area contributed by atoms with Crippen LogP contribution in [0.4, 0.5) is 0 Å². The van der Waals surface area contributed by atoms with Gasteiger partial charge >= 0.3 is 0 Å². The summed E-state index contributed by atoms with van der Waals surface area (Å²) >= 11 is 0. The van der Waals surface area contributed by atoms with E-state index in [1.54, 1.807) is 11.1 Å². The molecule has 2 aliphatic rings. The normalized spacial score (nSPS) is 24.1. The molecule has 0 bridgehead atoms. The van der Waals surface area contributed by atoms with Crippen molar-refractivity contribution in [2.24, 2.45) is 5.92 Å². The predicted octanol–water partition coefficient (Wildman–Crippen LogP) is 4.23. The molecule has 1 atom stereocenters. The van der Waals surface area contributed by atoms with Crippen LogP contribution in [0.3, 0.4) is 0 Å². The third kappa shape index (κ3) is 2.77. The summed E-state index contributed by atoms with van der Waals surface area (Å²) in [6.45, 7) is 1.21. The summed E-state index contributed by atoms with van der Waals surface area (Å²) in [4.78, 5) is 0. The smallest absolute Gasteiger partial charge is 0.0326 e. The summed E-state index contributed by atoms with van der Waals surface area (Å²) in [6, 6.07) is 9.58. The van der Waals surface area contributed by atoms with Crippen LogP contribution in [0.15, 0.2) is 24.3 Å². The molecule has 1 fully saturated rings. The largest absolute Gasteiger partial charge is 0.310 e. The van der Waals surface area contributed by atoms with E-state index < -0.39 is 0 Å². The summed E-state index contributed by atoms with van der Waals surface area (Å²) in [5, 5.41) is 3.79. The number of benzene rings is 1. The summed E-state index contributed by atoms with van der Waals surface area (Å²) in [6.07, 6.45) is 11.3. The molecular formula is C17H25N. The van der Waals surface area contributed by atoms with Gasteiger partial charge in [0.25, 0.3) is 0 Å². The molecule has 0 saturated heterocycles. The fraction of sp³-hybridized carbons (Fsp3) is 0.647. The van der Waals surface area contributed by atoms with Crippen LogP contribution in [0, 0.1) is 5.92 Å². The second-order valence-electron chi connectivity index (χ2n) is 6.04. The molecule has 98 valence electrons. The van der Waals surface area contributed by atoms with E-state index in [-0.39, 0.29) is 0 Å². The summed E-state index contributed by atoms with van der Waals surface area (Å²) in [5.74, 6) is 1.00. The van der Waals surface area contributed by atoms with Gasteiger partial charge in [-0.3, -0.25) is 0 Å². The van der Waals surface area contributed by atoms with Gasteiger partial charge in [-0.2, -0.15) is 0 Å². The first-order chi connectivity index (χ1) is 8.93. The Morgan fingerprint density at radius 2 is 1.83 bits per heavy atom. The van der Waals surface area contributed by atoms with Crippen molar-refractivity contribution in [2.45, 2.75) is 57.4 Å². The Hall–Kier alpha value is -0.820. The molecule has 0 heterocycles. The molecule has 0 spiro atoms. The molecule has 1 unspecified atom stereocenters. The first-order valence-corrected chi connectivity index (χ1v) is 7.74. The monoisotopic (exact) mass is 243 g/mol. The van der Waals surface area contributed by atoms with Gasteiger partial charge in [-0.15, -0.1) is 0 Å². The summed E-state index contributed by atoms with van der Waals surface area (Å²) in [7, 11) is 0. The number of rotatable bonds is 4. The minimum Gasteiger partial charge on any atom is -0.310 e. The predicted molar refractivity (Wildman–Crippen MR) is 76.7 cm³/mol. The molecule has 0 aliphatic heterocycles. The van der Waals surface area contributed by atoms with E-state index in [0.717, 1.165) is 5.92 Å². The fourth-order valence-corrected chi connectivity index (χ4v) is 3.71. The Kier molecular flexibility index (Phi) is 3.99. The van der Waals surface area contributed by atoms with Crippen LogP contribution in [0.1, 0.15) is 62.1 Å². The van der Waals surface area contributed by atoms with Gasteiger partial charge in [-0.05, 0) is 42.9 Å². The highest BCUT2D eigenvalue weighted by molar-refractivity contribution is 5.34. The van der Waals surface area contributed by atoms with Crippen molar-refractivity contribution >= 4 is 0 Å². The van der Waals surface area contributed by atoms with Crippen molar-refractivity contribution in [1.82, 2.24) is 5.32 Å². The van der Waals surface area contributed by atoms with Gasteiger partial charge in [0.15, 0.2) is 0 Å². The first-order valence-electron chi connectivity index (χ1n) is 7.74. The molecule has 1 N–H and O–H groups in total. The second-order valence-corrected chi connectivity index (χ2v) is 6.04. The van der Waals surface area contributed by atoms with E-state index in [9.17, 15) is 0 Å². The zero-order valence-electron chi connectivity index (χ0n) is 11.3. The number of hydrogen-bond donors (Lipinski definition) is 1. The van der Waals surface area contributed by atoms with Gasteiger partial charge in [0.1, 0.15) is 0 Å². The molecule has 1 saturated carbocycles.